The second-order valence-electron chi connectivity index (χ2n) is 6.68. The molecular formula is C20H25N3O6S. The van der Waals surface area contributed by atoms with Crippen LogP contribution in [0.25, 0.3) is 0 Å². The molecule has 2 rings (SSSR count). The van der Waals surface area contributed by atoms with E-state index in [1.807, 2.05) is 30.3 Å². The van der Waals surface area contributed by atoms with Crippen LogP contribution >= 0.6 is 0 Å². The van der Waals surface area contributed by atoms with Crippen molar-refractivity contribution in [3.63, 3.8) is 0 Å². The Kier molecular flexibility index (Phi) is 8.16. The number of carbonyl (C=O) groups is 1. The van der Waals surface area contributed by atoms with E-state index in [-0.39, 0.29) is 36.7 Å². The largest absolute Gasteiger partial charge is 0.492 e. The minimum atomic E-state index is -3.67. The summed E-state index contributed by atoms with van der Waals surface area (Å²) in [6.07, 6.45) is 1.41. The van der Waals surface area contributed by atoms with E-state index in [1.54, 1.807) is 6.92 Å². The van der Waals surface area contributed by atoms with Gasteiger partial charge < -0.3 is 10.1 Å². The molecule has 0 aliphatic heterocycles. The standard InChI is InChI=1S/C20H25N3O6S/c1-16-10-11-17(23(25)26)15-19(16)22(30(2,27)28)13-6-9-20(24)21-12-14-29-18-7-4-3-5-8-18/h3-5,7-8,10-11,15H,6,9,12-14H2,1-2H3,(H,21,24). The van der Waals surface area contributed by atoms with Crippen molar-refractivity contribution in [2.75, 3.05) is 30.3 Å². The summed E-state index contributed by atoms with van der Waals surface area (Å²) in [6, 6.07) is 13.3. The van der Waals surface area contributed by atoms with E-state index in [2.05, 4.69) is 5.32 Å². The number of hydrogen-bond donors (Lipinski definition) is 1. The summed E-state index contributed by atoms with van der Waals surface area (Å²) < 4.78 is 31.0. The van der Waals surface area contributed by atoms with Crippen LogP contribution in [-0.4, -0.2) is 45.2 Å². The van der Waals surface area contributed by atoms with Crippen LogP contribution in [0.5, 0.6) is 5.75 Å². The summed E-state index contributed by atoms with van der Waals surface area (Å²) in [5, 5.41) is 13.7. The highest BCUT2D eigenvalue weighted by Gasteiger charge is 2.21. The number of nitro benzene ring substituents is 1. The van der Waals surface area contributed by atoms with Gasteiger partial charge in [0, 0.05) is 25.1 Å². The molecular weight excluding hydrogens is 410 g/mol. The van der Waals surface area contributed by atoms with Crippen LogP contribution in [-0.2, 0) is 14.8 Å². The van der Waals surface area contributed by atoms with Crippen molar-refractivity contribution in [2.45, 2.75) is 19.8 Å². The smallest absolute Gasteiger partial charge is 0.271 e. The number of para-hydroxylation sites is 1. The van der Waals surface area contributed by atoms with Gasteiger partial charge in [0.2, 0.25) is 15.9 Å². The zero-order valence-electron chi connectivity index (χ0n) is 16.9. The molecule has 0 atom stereocenters. The van der Waals surface area contributed by atoms with E-state index in [0.717, 1.165) is 10.6 Å². The van der Waals surface area contributed by atoms with Gasteiger partial charge in [-0.3, -0.25) is 19.2 Å². The third kappa shape index (κ3) is 7.03. The third-order valence-electron chi connectivity index (χ3n) is 4.27. The van der Waals surface area contributed by atoms with Crippen molar-refractivity contribution in [3.8, 4) is 5.75 Å². The number of aryl methyl sites for hydroxylation is 1. The first kappa shape index (κ1) is 23.1. The lowest BCUT2D eigenvalue weighted by molar-refractivity contribution is -0.384. The maximum absolute atomic E-state index is 12.2. The first-order valence-electron chi connectivity index (χ1n) is 9.36. The zero-order valence-corrected chi connectivity index (χ0v) is 17.7. The zero-order chi connectivity index (χ0) is 22.1. The number of nitro groups is 1. The first-order valence-corrected chi connectivity index (χ1v) is 11.2. The van der Waals surface area contributed by atoms with Crippen LogP contribution in [0, 0.1) is 17.0 Å². The summed E-state index contributed by atoms with van der Waals surface area (Å²) in [5.74, 6) is 0.485. The van der Waals surface area contributed by atoms with Gasteiger partial charge in [0.1, 0.15) is 12.4 Å². The summed E-state index contributed by atoms with van der Waals surface area (Å²) in [7, 11) is -3.67. The molecule has 0 aliphatic rings. The number of nitrogens with zero attached hydrogens (tertiary/aromatic N) is 2. The summed E-state index contributed by atoms with van der Waals surface area (Å²) in [6.45, 7) is 2.36. The Morgan fingerprint density at radius 3 is 2.53 bits per heavy atom. The first-order chi connectivity index (χ1) is 14.2. The molecule has 0 fully saturated rings. The van der Waals surface area contributed by atoms with Crippen molar-refractivity contribution in [1.82, 2.24) is 5.32 Å². The number of nitrogens with one attached hydrogen (secondary N) is 1. The quantitative estimate of drug-likeness (QED) is 0.329. The Balaban J connectivity index is 1.87. The molecule has 0 radical (unpaired) electrons. The average molecular weight is 436 g/mol. The van der Waals surface area contributed by atoms with Gasteiger partial charge in [0.15, 0.2) is 0 Å². The molecule has 162 valence electrons. The second-order valence-corrected chi connectivity index (χ2v) is 8.58. The van der Waals surface area contributed by atoms with Crippen LogP contribution in [0.15, 0.2) is 48.5 Å². The molecule has 2 aromatic carbocycles. The summed E-state index contributed by atoms with van der Waals surface area (Å²) in [4.78, 5) is 22.5. The maximum atomic E-state index is 12.2. The SMILES string of the molecule is Cc1ccc([N+](=O)[O-])cc1N(CCCC(=O)NCCOc1ccccc1)S(C)(=O)=O. The molecule has 0 aromatic heterocycles. The van der Waals surface area contributed by atoms with Gasteiger partial charge in [-0.05, 0) is 31.0 Å². The molecule has 9 nitrogen and oxygen atoms in total. The Morgan fingerprint density at radius 2 is 1.90 bits per heavy atom. The maximum Gasteiger partial charge on any atom is 0.271 e. The Morgan fingerprint density at radius 1 is 1.20 bits per heavy atom. The highest BCUT2D eigenvalue weighted by atomic mass is 32.2. The number of rotatable bonds is 11. The van der Waals surface area contributed by atoms with Crippen molar-refractivity contribution in [3.05, 3.63) is 64.2 Å². The van der Waals surface area contributed by atoms with E-state index in [0.29, 0.717) is 24.5 Å². The van der Waals surface area contributed by atoms with Gasteiger partial charge in [-0.1, -0.05) is 24.3 Å². The molecule has 1 amide bonds. The van der Waals surface area contributed by atoms with Crippen LogP contribution in [0.1, 0.15) is 18.4 Å². The molecule has 0 heterocycles. The Hall–Kier alpha value is -3.14. The van der Waals surface area contributed by atoms with Gasteiger partial charge in [0.05, 0.1) is 23.4 Å². The van der Waals surface area contributed by atoms with Crippen LogP contribution < -0.4 is 14.4 Å². The molecule has 0 aliphatic carbocycles. The summed E-state index contributed by atoms with van der Waals surface area (Å²) in [5.41, 5.74) is 0.636. The molecule has 0 unspecified atom stereocenters. The Bertz CT molecular complexity index is 979. The highest BCUT2D eigenvalue weighted by molar-refractivity contribution is 7.92. The number of non-ortho nitro benzene ring substituents is 1. The second kappa shape index (κ2) is 10.6. The monoisotopic (exact) mass is 435 g/mol. The van der Waals surface area contributed by atoms with Crippen LogP contribution in [0.2, 0.25) is 0 Å². The van der Waals surface area contributed by atoms with Crippen molar-refractivity contribution >= 4 is 27.3 Å². The predicted molar refractivity (Wildman–Crippen MR) is 114 cm³/mol. The minimum Gasteiger partial charge on any atom is -0.492 e. The van der Waals surface area contributed by atoms with E-state index < -0.39 is 14.9 Å². The molecule has 0 bridgehead atoms. The fourth-order valence-corrected chi connectivity index (χ4v) is 3.81. The van der Waals surface area contributed by atoms with Gasteiger partial charge in [-0.25, -0.2) is 8.42 Å². The number of anilines is 1. The molecule has 0 spiro atoms. The van der Waals surface area contributed by atoms with Crippen molar-refractivity contribution < 1.29 is 22.9 Å². The average Bonchev–Trinajstić information content (AvgIpc) is 2.69. The molecule has 0 saturated carbocycles. The summed E-state index contributed by atoms with van der Waals surface area (Å²) >= 11 is 0. The van der Waals surface area contributed by atoms with Gasteiger partial charge in [-0.15, -0.1) is 0 Å². The fraction of sp³-hybridized carbons (Fsp3) is 0.350. The molecule has 1 N–H and O–H groups in total. The van der Waals surface area contributed by atoms with E-state index >= 15 is 0 Å². The molecule has 2 aromatic rings. The number of amides is 1. The van der Waals surface area contributed by atoms with E-state index in [9.17, 15) is 23.3 Å². The third-order valence-corrected chi connectivity index (χ3v) is 5.45. The number of hydrogen-bond acceptors (Lipinski definition) is 6. The van der Waals surface area contributed by atoms with E-state index in [1.165, 1.54) is 18.2 Å². The number of carbonyl (C=O) groups excluding carboxylic acids is 1. The predicted octanol–water partition coefficient (Wildman–Crippen LogP) is 2.64. The molecule has 0 saturated heterocycles. The van der Waals surface area contributed by atoms with Gasteiger partial charge in [0.25, 0.3) is 5.69 Å². The number of sulfonamides is 1. The molecule has 30 heavy (non-hydrogen) atoms. The van der Waals surface area contributed by atoms with Crippen LogP contribution in [0.4, 0.5) is 11.4 Å². The lowest BCUT2D eigenvalue weighted by atomic mass is 10.1. The topological polar surface area (TPSA) is 119 Å². The Labute approximate surface area is 175 Å². The van der Waals surface area contributed by atoms with Gasteiger partial charge in [-0.2, -0.15) is 0 Å². The lowest BCUT2D eigenvalue weighted by Crippen LogP contribution is -2.33. The van der Waals surface area contributed by atoms with Gasteiger partial charge >= 0.3 is 0 Å². The van der Waals surface area contributed by atoms with E-state index in [4.69, 9.17) is 4.74 Å². The fourth-order valence-electron chi connectivity index (χ4n) is 2.79. The van der Waals surface area contributed by atoms with Crippen molar-refractivity contribution in [2.24, 2.45) is 0 Å². The van der Waals surface area contributed by atoms with Crippen molar-refractivity contribution in [1.29, 1.82) is 0 Å². The molecule has 10 heteroatoms. The number of ether oxygens (including phenoxy) is 1. The minimum absolute atomic E-state index is 0.0365. The lowest BCUT2D eigenvalue weighted by Gasteiger charge is -2.24. The highest BCUT2D eigenvalue weighted by Crippen LogP contribution is 2.27. The normalized spacial score (nSPS) is 11.0. The van der Waals surface area contributed by atoms with Crippen LogP contribution in [0.3, 0.4) is 0 Å². The number of benzene rings is 2.